The van der Waals surface area contributed by atoms with Crippen LogP contribution in [0.2, 0.25) is 0 Å². The van der Waals surface area contributed by atoms with Crippen LogP contribution < -0.4 is 21.3 Å². The fourth-order valence-corrected chi connectivity index (χ4v) is 5.60. The van der Waals surface area contributed by atoms with Crippen molar-refractivity contribution in [3.8, 4) is 17.2 Å². The molecule has 1 N–H and O–H groups in total. The van der Waals surface area contributed by atoms with Gasteiger partial charge in [-0.3, -0.25) is 19.1 Å². The van der Waals surface area contributed by atoms with E-state index in [1.165, 1.54) is 34.4 Å². The predicted octanol–water partition coefficient (Wildman–Crippen LogP) is 7.35. The van der Waals surface area contributed by atoms with Crippen molar-refractivity contribution in [2.45, 2.75) is 39.8 Å². The number of pyridine rings is 1. The van der Waals surface area contributed by atoms with Gasteiger partial charge < -0.3 is 14.8 Å². The molecule has 6 aromatic rings. The maximum atomic E-state index is 15.4. The van der Waals surface area contributed by atoms with Gasteiger partial charge in [0.1, 0.15) is 28.7 Å². The van der Waals surface area contributed by atoms with Gasteiger partial charge in [0.15, 0.2) is 0 Å². The van der Waals surface area contributed by atoms with Gasteiger partial charge in [0.2, 0.25) is 0 Å². The molecule has 0 aliphatic carbocycles. The molecule has 254 valence electrons. The number of amides is 1. The van der Waals surface area contributed by atoms with E-state index < -0.39 is 34.4 Å². The Bertz CT molecular complexity index is 2290. The molecule has 0 bridgehead atoms. The Morgan fingerprint density at radius 1 is 0.940 bits per heavy atom. The van der Waals surface area contributed by atoms with E-state index in [0.29, 0.717) is 25.4 Å². The number of rotatable bonds is 12. The van der Waals surface area contributed by atoms with Gasteiger partial charge >= 0.3 is 5.69 Å². The van der Waals surface area contributed by atoms with Crippen molar-refractivity contribution in [3.63, 3.8) is 0 Å². The third kappa shape index (κ3) is 7.53. The van der Waals surface area contributed by atoms with Crippen LogP contribution >= 0.6 is 0 Å². The first kappa shape index (κ1) is 33.9. The highest BCUT2D eigenvalue weighted by atomic mass is 19.1. The summed E-state index contributed by atoms with van der Waals surface area (Å²) in [5, 5.41) is 3.22. The molecule has 0 aliphatic heterocycles. The Morgan fingerprint density at radius 3 is 2.46 bits per heavy atom. The summed E-state index contributed by atoms with van der Waals surface area (Å²) < 4.78 is 42.8. The van der Waals surface area contributed by atoms with Crippen LogP contribution in [-0.4, -0.2) is 26.6 Å². The summed E-state index contributed by atoms with van der Waals surface area (Å²) in [5.41, 5.74) is 1.79. The van der Waals surface area contributed by atoms with E-state index in [0.717, 1.165) is 57.4 Å². The van der Waals surface area contributed by atoms with Crippen LogP contribution in [0.5, 0.6) is 11.5 Å². The third-order valence-corrected chi connectivity index (χ3v) is 8.24. The molecule has 4 aromatic carbocycles. The number of aryl methyl sites for hydroxylation is 3. The number of nitrogens with zero attached hydrogens (tertiary/aromatic N) is 3. The molecule has 6 rings (SSSR count). The quantitative estimate of drug-likeness (QED) is 0.136. The fraction of sp³-hybridized carbons (Fsp3) is 0.179. The van der Waals surface area contributed by atoms with Crippen molar-refractivity contribution >= 4 is 22.5 Å². The molecule has 0 unspecified atom stereocenters. The molecule has 0 saturated carbocycles. The number of halogens is 2. The lowest BCUT2D eigenvalue weighted by molar-refractivity contribution is 0.102. The second-order valence-electron chi connectivity index (χ2n) is 11.7. The molecule has 2 heterocycles. The Balaban J connectivity index is 1.23. The molecule has 1 amide bonds. The summed E-state index contributed by atoms with van der Waals surface area (Å²) in [6.45, 7) is 4.87. The lowest BCUT2D eigenvalue weighted by Crippen LogP contribution is -2.42. The number of aromatic nitrogens is 3. The van der Waals surface area contributed by atoms with Crippen molar-refractivity contribution in [2.75, 3.05) is 11.9 Å². The standard InChI is InChI=1S/C39H34F2N4O5/c1-3-27-21-35-31(20-25(27)2)36(16-17-42-35)50-30-14-15-34(33(41)22-30)43-37(46)32-23-44(18-7-19-49-24-26-8-5-4-6-9-26)39(48)45(38(32)47)29-12-10-28(40)11-13-29/h4-6,8-17,20-23H,3,7,18-19,24H2,1-2H3,(H,43,46). The number of hydrogen-bond donors (Lipinski definition) is 1. The zero-order valence-electron chi connectivity index (χ0n) is 27.5. The topological polar surface area (TPSA) is 104 Å². The van der Waals surface area contributed by atoms with Crippen LogP contribution in [0.4, 0.5) is 14.5 Å². The molecule has 2 aromatic heterocycles. The Kier molecular flexibility index (Phi) is 10.2. The molecule has 50 heavy (non-hydrogen) atoms. The lowest BCUT2D eigenvalue weighted by atomic mass is 10.0. The number of hydrogen-bond acceptors (Lipinski definition) is 6. The van der Waals surface area contributed by atoms with Crippen LogP contribution in [0.3, 0.4) is 0 Å². The summed E-state index contributed by atoms with van der Waals surface area (Å²) in [4.78, 5) is 44.9. The van der Waals surface area contributed by atoms with Crippen LogP contribution in [0.15, 0.2) is 113 Å². The Labute approximate surface area is 286 Å². The molecule has 0 saturated heterocycles. The second-order valence-corrected chi connectivity index (χ2v) is 11.7. The van der Waals surface area contributed by atoms with Gasteiger partial charge in [0, 0.05) is 37.0 Å². The summed E-state index contributed by atoms with van der Waals surface area (Å²) in [6, 6.07) is 23.9. The molecule has 0 spiro atoms. The van der Waals surface area contributed by atoms with Crippen LogP contribution in [0, 0.1) is 18.6 Å². The largest absolute Gasteiger partial charge is 0.456 e. The molecule has 0 radical (unpaired) electrons. The van der Waals surface area contributed by atoms with Gasteiger partial charge in [0.25, 0.3) is 11.5 Å². The second kappa shape index (κ2) is 15.1. The molecule has 11 heteroatoms. The highest BCUT2D eigenvalue weighted by Crippen LogP contribution is 2.32. The molecular weight excluding hydrogens is 642 g/mol. The van der Waals surface area contributed by atoms with E-state index in [1.807, 2.05) is 49.4 Å². The first-order chi connectivity index (χ1) is 24.2. The summed E-state index contributed by atoms with van der Waals surface area (Å²) >= 11 is 0. The molecular formula is C39H34F2N4O5. The predicted molar refractivity (Wildman–Crippen MR) is 187 cm³/mol. The highest BCUT2D eigenvalue weighted by molar-refractivity contribution is 6.04. The third-order valence-electron chi connectivity index (χ3n) is 8.24. The number of fused-ring (bicyclic) bond motifs is 1. The van der Waals surface area contributed by atoms with E-state index in [2.05, 4.69) is 17.2 Å². The Morgan fingerprint density at radius 2 is 1.72 bits per heavy atom. The highest BCUT2D eigenvalue weighted by Gasteiger charge is 2.20. The van der Waals surface area contributed by atoms with Crippen LogP contribution in [0.1, 0.15) is 40.4 Å². The number of anilines is 1. The van der Waals surface area contributed by atoms with Gasteiger partial charge in [-0.1, -0.05) is 37.3 Å². The number of carbonyl (C=O) groups is 1. The molecule has 9 nitrogen and oxygen atoms in total. The number of nitrogens with one attached hydrogen (secondary N) is 1. The van der Waals surface area contributed by atoms with E-state index in [9.17, 15) is 18.8 Å². The molecule has 0 fully saturated rings. The van der Waals surface area contributed by atoms with Crippen molar-refractivity contribution < 1.29 is 23.0 Å². The van der Waals surface area contributed by atoms with E-state index in [4.69, 9.17) is 9.47 Å². The van der Waals surface area contributed by atoms with Gasteiger partial charge in [-0.25, -0.2) is 18.1 Å². The van der Waals surface area contributed by atoms with Crippen LogP contribution in [0.25, 0.3) is 16.6 Å². The van der Waals surface area contributed by atoms with Crippen molar-refractivity contribution in [2.24, 2.45) is 0 Å². The lowest BCUT2D eigenvalue weighted by Gasteiger charge is -2.14. The normalized spacial score (nSPS) is 11.1. The monoisotopic (exact) mass is 676 g/mol. The maximum Gasteiger partial charge on any atom is 0.335 e. The minimum Gasteiger partial charge on any atom is -0.456 e. The Hall–Kier alpha value is -5.94. The summed E-state index contributed by atoms with van der Waals surface area (Å²) in [6.07, 6.45) is 4.01. The minimum absolute atomic E-state index is 0.0718. The smallest absolute Gasteiger partial charge is 0.335 e. The van der Waals surface area contributed by atoms with Crippen molar-refractivity contribution in [1.82, 2.24) is 14.1 Å². The number of carbonyl (C=O) groups excluding carboxylic acids is 1. The minimum atomic E-state index is -0.942. The maximum absolute atomic E-state index is 15.4. The average Bonchev–Trinajstić information content (AvgIpc) is 3.11. The summed E-state index contributed by atoms with van der Waals surface area (Å²) in [7, 11) is 0. The van der Waals surface area contributed by atoms with Crippen molar-refractivity contribution in [3.05, 3.63) is 158 Å². The van der Waals surface area contributed by atoms with E-state index >= 15 is 4.39 Å². The molecule has 0 atom stereocenters. The summed E-state index contributed by atoms with van der Waals surface area (Å²) in [5.74, 6) is -1.62. The van der Waals surface area contributed by atoms with E-state index in [1.54, 1.807) is 12.3 Å². The average molecular weight is 677 g/mol. The zero-order valence-corrected chi connectivity index (χ0v) is 27.5. The van der Waals surface area contributed by atoms with Gasteiger partial charge in [-0.15, -0.1) is 0 Å². The van der Waals surface area contributed by atoms with Gasteiger partial charge in [0.05, 0.1) is 23.5 Å². The first-order valence-corrected chi connectivity index (χ1v) is 16.1. The molecule has 0 aliphatic rings. The SMILES string of the molecule is CCc1cc2nccc(Oc3ccc(NC(=O)c4cn(CCCOCc5ccccc5)c(=O)n(-c5ccc(F)cc5)c4=O)c(F)c3)c2cc1C. The van der Waals surface area contributed by atoms with E-state index in [-0.39, 0.29) is 23.7 Å². The number of benzene rings is 4. The zero-order chi connectivity index (χ0) is 35.2. The van der Waals surface area contributed by atoms with Gasteiger partial charge in [-0.05, 0) is 91.1 Å². The van der Waals surface area contributed by atoms with Gasteiger partial charge in [-0.2, -0.15) is 0 Å². The van der Waals surface area contributed by atoms with Crippen molar-refractivity contribution in [1.29, 1.82) is 0 Å². The first-order valence-electron chi connectivity index (χ1n) is 16.1. The fourth-order valence-electron chi connectivity index (χ4n) is 5.60. The number of ether oxygens (including phenoxy) is 2. The van der Waals surface area contributed by atoms with Crippen LogP contribution in [-0.2, 0) is 24.3 Å².